The topological polar surface area (TPSA) is 28.9 Å². The van der Waals surface area contributed by atoms with E-state index in [-0.39, 0.29) is 0 Å². The first-order chi connectivity index (χ1) is 6.93. The van der Waals surface area contributed by atoms with Gasteiger partial charge in [0, 0.05) is 0 Å². The largest absolute Gasteiger partial charge is 0.502 e. The smallest absolute Gasteiger partial charge is 0.241 e. The average molecular weight is 195 g/mol. The standard InChI is InChI=1S/C11H18N2O/c1-2-14-10-6-4-3-5-8-13-9-7-12-11-13/h2,7,9,11H,1,3-6,8,10H2/p+1. The number of aryl methyl sites for hydroxylation is 1. The van der Waals surface area contributed by atoms with Crippen molar-refractivity contribution in [2.75, 3.05) is 6.61 Å². The summed E-state index contributed by atoms with van der Waals surface area (Å²) in [5, 5.41) is 0. The molecule has 0 bridgehead atoms. The molecule has 0 unspecified atom stereocenters. The molecule has 0 saturated heterocycles. The van der Waals surface area contributed by atoms with E-state index in [1.165, 1.54) is 25.5 Å². The molecule has 0 saturated carbocycles. The highest BCUT2D eigenvalue weighted by molar-refractivity contribution is 4.55. The number of aromatic nitrogens is 2. The van der Waals surface area contributed by atoms with Crippen molar-refractivity contribution in [1.29, 1.82) is 0 Å². The van der Waals surface area contributed by atoms with Crippen molar-refractivity contribution in [3.05, 3.63) is 31.6 Å². The van der Waals surface area contributed by atoms with E-state index in [1.807, 2.05) is 12.5 Å². The van der Waals surface area contributed by atoms with E-state index in [2.05, 4.69) is 22.3 Å². The molecule has 0 radical (unpaired) electrons. The monoisotopic (exact) mass is 195 g/mol. The Hall–Kier alpha value is -1.25. The maximum atomic E-state index is 5.04. The second kappa shape index (κ2) is 7.18. The van der Waals surface area contributed by atoms with Crippen molar-refractivity contribution >= 4 is 0 Å². The number of imidazole rings is 1. The van der Waals surface area contributed by atoms with E-state index in [0.29, 0.717) is 0 Å². The van der Waals surface area contributed by atoms with Crippen LogP contribution in [0.5, 0.6) is 0 Å². The van der Waals surface area contributed by atoms with E-state index >= 15 is 0 Å². The Kier molecular flexibility index (Phi) is 5.56. The van der Waals surface area contributed by atoms with E-state index in [1.54, 1.807) is 0 Å². The van der Waals surface area contributed by atoms with Gasteiger partial charge in [0.1, 0.15) is 12.4 Å². The van der Waals surface area contributed by atoms with Crippen molar-refractivity contribution in [2.24, 2.45) is 0 Å². The zero-order chi connectivity index (χ0) is 10.1. The number of unbranched alkanes of at least 4 members (excludes halogenated alkanes) is 3. The lowest BCUT2D eigenvalue weighted by molar-refractivity contribution is -0.696. The molecule has 1 aromatic heterocycles. The van der Waals surface area contributed by atoms with Crippen LogP contribution in [0.2, 0.25) is 0 Å². The molecule has 0 fully saturated rings. The lowest BCUT2D eigenvalue weighted by Gasteiger charge is -2.00. The Morgan fingerprint density at radius 3 is 2.86 bits per heavy atom. The number of rotatable bonds is 8. The minimum atomic E-state index is 0.806. The van der Waals surface area contributed by atoms with Crippen LogP contribution in [0.25, 0.3) is 0 Å². The number of hydrogen-bond acceptors (Lipinski definition) is 1. The Morgan fingerprint density at radius 2 is 2.14 bits per heavy atom. The average Bonchev–Trinajstić information content (AvgIpc) is 2.69. The molecule has 14 heavy (non-hydrogen) atoms. The number of H-pyrrole nitrogens is 1. The minimum Gasteiger partial charge on any atom is -0.502 e. The molecular formula is C11H19N2O+. The van der Waals surface area contributed by atoms with E-state index < -0.39 is 0 Å². The summed E-state index contributed by atoms with van der Waals surface area (Å²) >= 11 is 0. The van der Waals surface area contributed by atoms with Crippen molar-refractivity contribution in [2.45, 2.75) is 32.2 Å². The molecule has 1 heterocycles. The van der Waals surface area contributed by atoms with E-state index in [4.69, 9.17) is 4.74 Å². The molecule has 0 aliphatic carbocycles. The molecule has 3 heteroatoms. The Bertz CT molecular complexity index is 231. The number of aromatic amines is 1. The highest BCUT2D eigenvalue weighted by atomic mass is 16.5. The molecule has 0 amide bonds. The molecule has 1 rings (SSSR count). The summed E-state index contributed by atoms with van der Waals surface area (Å²) in [6.45, 7) is 5.41. The molecule has 0 atom stereocenters. The van der Waals surface area contributed by atoms with Crippen LogP contribution in [0, 0.1) is 0 Å². The first-order valence-electron chi connectivity index (χ1n) is 5.18. The van der Waals surface area contributed by atoms with Crippen LogP contribution in [0.1, 0.15) is 25.7 Å². The Balaban J connectivity index is 1.87. The van der Waals surface area contributed by atoms with Crippen LogP contribution >= 0.6 is 0 Å². The van der Waals surface area contributed by atoms with Gasteiger partial charge in [0.05, 0.1) is 19.4 Å². The Labute approximate surface area is 85.4 Å². The summed E-state index contributed by atoms with van der Waals surface area (Å²) < 4.78 is 7.21. The minimum absolute atomic E-state index is 0.806. The third-order valence-electron chi connectivity index (χ3n) is 2.15. The summed E-state index contributed by atoms with van der Waals surface area (Å²) in [7, 11) is 0. The van der Waals surface area contributed by atoms with Crippen LogP contribution in [-0.2, 0) is 11.3 Å². The highest BCUT2D eigenvalue weighted by Crippen LogP contribution is 1.99. The van der Waals surface area contributed by atoms with Crippen molar-refractivity contribution in [3.63, 3.8) is 0 Å². The second-order valence-corrected chi connectivity index (χ2v) is 3.30. The SMILES string of the molecule is C=COCCCCCC[n+]1cc[nH]c1. The molecule has 3 nitrogen and oxygen atoms in total. The second-order valence-electron chi connectivity index (χ2n) is 3.30. The summed E-state index contributed by atoms with van der Waals surface area (Å²) in [5.74, 6) is 0. The fourth-order valence-electron chi connectivity index (χ4n) is 1.38. The van der Waals surface area contributed by atoms with Gasteiger partial charge >= 0.3 is 0 Å². The lowest BCUT2D eigenvalue weighted by atomic mass is 10.2. The van der Waals surface area contributed by atoms with Gasteiger partial charge in [-0.25, -0.2) is 4.57 Å². The summed E-state index contributed by atoms with van der Waals surface area (Å²) in [6.07, 6.45) is 12.4. The van der Waals surface area contributed by atoms with Crippen molar-refractivity contribution in [3.8, 4) is 0 Å². The summed E-state index contributed by atoms with van der Waals surface area (Å²) in [6, 6.07) is 0. The highest BCUT2D eigenvalue weighted by Gasteiger charge is 1.96. The fourth-order valence-corrected chi connectivity index (χ4v) is 1.38. The van der Waals surface area contributed by atoms with Gasteiger partial charge in [-0.2, -0.15) is 0 Å². The van der Waals surface area contributed by atoms with Gasteiger partial charge in [0.2, 0.25) is 6.33 Å². The van der Waals surface area contributed by atoms with Crippen molar-refractivity contribution in [1.82, 2.24) is 4.98 Å². The molecule has 0 spiro atoms. The zero-order valence-electron chi connectivity index (χ0n) is 8.61. The normalized spacial score (nSPS) is 10.0. The number of ether oxygens (including phenoxy) is 1. The first kappa shape index (κ1) is 10.8. The molecule has 1 aromatic rings. The van der Waals surface area contributed by atoms with Crippen LogP contribution in [0.3, 0.4) is 0 Å². The van der Waals surface area contributed by atoms with Gasteiger partial charge in [0.25, 0.3) is 0 Å². The predicted molar refractivity (Wildman–Crippen MR) is 55.6 cm³/mol. The van der Waals surface area contributed by atoms with Crippen LogP contribution < -0.4 is 4.57 Å². The summed E-state index contributed by atoms with van der Waals surface area (Å²) in [5.41, 5.74) is 0. The van der Waals surface area contributed by atoms with Crippen LogP contribution in [0.15, 0.2) is 31.6 Å². The number of hydrogen-bond donors (Lipinski definition) is 1. The van der Waals surface area contributed by atoms with Gasteiger partial charge < -0.3 is 4.74 Å². The van der Waals surface area contributed by atoms with Crippen LogP contribution in [-0.4, -0.2) is 11.6 Å². The van der Waals surface area contributed by atoms with Gasteiger partial charge in [-0.15, -0.1) is 0 Å². The zero-order valence-corrected chi connectivity index (χ0v) is 8.61. The summed E-state index contributed by atoms with van der Waals surface area (Å²) in [4.78, 5) is 3.03. The van der Waals surface area contributed by atoms with E-state index in [0.717, 1.165) is 19.6 Å². The van der Waals surface area contributed by atoms with Gasteiger partial charge in [-0.1, -0.05) is 6.58 Å². The van der Waals surface area contributed by atoms with Crippen LogP contribution in [0.4, 0.5) is 0 Å². The maximum absolute atomic E-state index is 5.04. The number of nitrogens with zero attached hydrogens (tertiary/aromatic N) is 1. The van der Waals surface area contributed by atoms with Crippen molar-refractivity contribution < 1.29 is 9.30 Å². The quantitative estimate of drug-likeness (QED) is 0.384. The van der Waals surface area contributed by atoms with Gasteiger partial charge in [-0.05, 0) is 25.7 Å². The number of nitrogens with one attached hydrogen (secondary N) is 1. The van der Waals surface area contributed by atoms with Gasteiger partial charge in [0.15, 0.2) is 0 Å². The first-order valence-corrected chi connectivity index (χ1v) is 5.18. The van der Waals surface area contributed by atoms with E-state index in [9.17, 15) is 0 Å². The maximum Gasteiger partial charge on any atom is 0.241 e. The molecular weight excluding hydrogens is 176 g/mol. The fraction of sp³-hybridized carbons (Fsp3) is 0.545. The molecule has 0 aliphatic heterocycles. The third-order valence-corrected chi connectivity index (χ3v) is 2.15. The molecule has 0 aliphatic rings. The van der Waals surface area contributed by atoms with Gasteiger partial charge in [-0.3, -0.25) is 4.98 Å². The molecule has 78 valence electrons. The predicted octanol–water partition coefficient (Wildman–Crippen LogP) is 2.02. The third kappa shape index (κ3) is 4.70. The Morgan fingerprint density at radius 1 is 1.29 bits per heavy atom. The lowest BCUT2D eigenvalue weighted by Crippen LogP contribution is -2.30. The molecule has 0 aromatic carbocycles. The molecule has 1 N–H and O–H groups in total.